The van der Waals surface area contributed by atoms with E-state index in [-0.39, 0.29) is 11.7 Å². The first-order valence-electron chi connectivity index (χ1n) is 8.39. The van der Waals surface area contributed by atoms with Crippen molar-refractivity contribution in [2.75, 3.05) is 6.54 Å². The fraction of sp³-hybridized carbons (Fsp3) is 0.556. The van der Waals surface area contributed by atoms with Gasteiger partial charge in [-0.25, -0.2) is 5.21 Å². The maximum atomic E-state index is 12.9. The molecule has 1 aromatic carbocycles. The number of rotatable bonds is 2. The van der Waals surface area contributed by atoms with Gasteiger partial charge in [0.25, 0.3) is 5.91 Å². The van der Waals surface area contributed by atoms with Crippen molar-refractivity contribution in [3.63, 3.8) is 0 Å². The van der Waals surface area contributed by atoms with Crippen molar-refractivity contribution in [1.82, 2.24) is 9.96 Å². The van der Waals surface area contributed by atoms with Gasteiger partial charge in [0.05, 0.1) is 0 Å². The van der Waals surface area contributed by atoms with Gasteiger partial charge in [-0.3, -0.25) is 9.53 Å². The molecule has 2 aliphatic rings. The summed E-state index contributed by atoms with van der Waals surface area (Å²) in [7, 11) is 0. The SMILES string of the molecule is CC1(C)N(O)C(C2CCCN2C(=O)c2ccccc2)=[N+]([O-])C1(C)C. The van der Waals surface area contributed by atoms with Crippen LogP contribution in [0.4, 0.5) is 0 Å². The van der Waals surface area contributed by atoms with E-state index in [2.05, 4.69) is 0 Å². The first-order valence-corrected chi connectivity index (χ1v) is 8.39. The van der Waals surface area contributed by atoms with Crippen LogP contribution in [-0.4, -0.2) is 55.3 Å². The fourth-order valence-corrected chi connectivity index (χ4v) is 3.47. The molecule has 1 aromatic rings. The highest BCUT2D eigenvalue weighted by molar-refractivity contribution is 5.98. The summed E-state index contributed by atoms with van der Waals surface area (Å²) in [6.07, 6.45) is 1.49. The summed E-state index contributed by atoms with van der Waals surface area (Å²) in [5.41, 5.74) is -0.932. The van der Waals surface area contributed by atoms with E-state index in [0.29, 0.717) is 18.5 Å². The monoisotopic (exact) mass is 331 g/mol. The molecule has 0 saturated carbocycles. The Balaban J connectivity index is 1.97. The van der Waals surface area contributed by atoms with Gasteiger partial charge in [0.1, 0.15) is 11.6 Å². The third-order valence-electron chi connectivity index (χ3n) is 5.79. The number of hydrogen-bond acceptors (Lipinski definition) is 4. The first-order chi connectivity index (χ1) is 11.2. The molecule has 1 N–H and O–H groups in total. The summed E-state index contributed by atoms with van der Waals surface area (Å²) in [6, 6.07) is 8.66. The van der Waals surface area contributed by atoms with Crippen LogP contribution in [-0.2, 0) is 0 Å². The van der Waals surface area contributed by atoms with Gasteiger partial charge in [-0.2, -0.15) is 0 Å². The first kappa shape index (κ1) is 16.8. The second-order valence-electron chi connectivity index (χ2n) is 7.61. The molecular formula is C18H25N3O3. The quantitative estimate of drug-likeness (QED) is 0.667. The topological polar surface area (TPSA) is 69.8 Å². The Labute approximate surface area is 142 Å². The molecule has 3 rings (SSSR count). The zero-order valence-electron chi connectivity index (χ0n) is 14.7. The van der Waals surface area contributed by atoms with Crippen molar-refractivity contribution in [1.29, 1.82) is 0 Å². The van der Waals surface area contributed by atoms with E-state index in [9.17, 15) is 15.2 Å². The lowest BCUT2D eigenvalue weighted by Gasteiger charge is -2.33. The fourth-order valence-electron chi connectivity index (χ4n) is 3.47. The molecule has 1 fully saturated rings. The zero-order valence-corrected chi connectivity index (χ0v) is 14.7. The van der Waals surface area contributed by atoms with Crippen molar-refractivity contribution >= 4 is 11.7 Å². The minimum atomic E-state index is -0.791. The predicted octanol–water partition coefficient (Wildman–Crippen LogP) is 2.46. The number of benzene rings is 1. The zero-order chi connectivity index (χ0) is 17.7. The molecule has 24 heavy (non-hydrogen) atoms. The van der Waals surface area contributed by atoms with Crippen LogP contribution in [0.15, 0.2) is 30.3 Å². The Kier molecular flexibility index (Phi) is 3.83. The highest BCUT2D eigenvalue weighted by Crippen LogP contribution is 2.38. The van der Waals surface area contributed by atoms with E-state index >= 15 is 0 Å². The van der Waals surface area contributed by atoms with Crippen molar-refractivity contribution in [3.05, 3.63) is 41.1 Å². The molecule has 1 unspecified atom stereocenters. The van der Waals surface area contributed by atoms with Crippen LogP contribution in [0.5, 0.6) is 0 Å². The summed E-state index contributed by atoms with van der Waals surface area (Å²) in [5, 5.41) is 24.6. The van der Waals surface area contributed by atoms with E-state index in [1.165, 1.54) is 0 Å². The molecule has 130 valence electrons. The normalized spacial score (nSPS) is 25.5. The van der Waals surface area contributed by atoms with Crippen LogP contribution in [0.1, 0.15) is 50.9 Å². The lowest BCUT2D eigenvalue weighted by molar-refractivity contribution is -0.541. The van der Waals surface area contributed by atoms with Crippen molar-refractivity contribution < 1.29 is 14.7 Å². The van der Waals surface area contributed by atoms with Crippen LogP contribution in [0, 0.1) is 5.21 Å². The molecule has 0 bridgehead atoms. The minimum absolute atomic E-state index is 0.102. The number of amides is 1. The molecule has 0 aliphatic carbocycles. The lowest BCUT2D eigenvalue weighted by Crippen LogP contribution is -2.55. The van der Waals surface area contributed by atoms with Gasteiger partial charge in [-0.15, -0.1) is 5.06 Å². The number of likely N-dealkylation sites (tertiary alicyclic amines) is 1. The smallest absolute Gasteiger partial charge is 0.304 e. The van der Waals surface area contributed by atoms with E-state index in [4.69, 9.17) is 0 Å². The van der Waals surface area contributed by atoms with Crippen LogP contribution in [0.2, 0.25) is 0 Å². The average molecular weight is 331 g/mol. The number of nitrogens with zero attached hydrogens (tertiary/aromatic N) is 3. The van der Waals surface area contributed by atoms with Gasteiger partial charge in [-0.1, -0.05) is 18.2 Å². The Morgan fingerprint density at radius 3 is 2.42 bits per heavy atom. The third-order valence-corrected chi connectivity index (χ3v) is 5.79. The van der Waals surface area contributed by atoms with Crippen LogP contribution < -0.4 is 0 Å². The van der Waals surface area contributed by atoms with Crippen molar-refractivity contribution in [3.8, 4) is 0 Å². The second-order valence-corrected chi connectivity index (χ2v) is 7.61. The predicted molar refractivity (Wildman–Crippen MR) is 90.9 cm³/mol. The molecule has 2 heterocycles. The Bertz CT molecular complexity index is 682. The van der Waals surface area contributed by atoms with Crippen LogP contribution in [0.3, 0.4) is 0 Å². The van der Waals surface area contributed by atoms with Crippen LogP contribution >= 0.6 is 0 Å². The Morgan fingerprint density at radius 1 is 1.25 bits per heavy atom. The maximum Gasteiger partial charge on any atom is 0.304 e. The minimum Gasteiger partial charge on any atom is -0.715 e. The molecule has 6 heteroatoms. The van der Waals surface area contributed by atoms with Gasteiger partial charge < -0.3 is 10.1 Å². The van der Waals surface area contributed by atoms with Gasteiger partial charge in [-0.05, 0) is 52.7 Å². The number of carbonyl (C=O) groups excluding carboxylic acids is 1. The molecule has 2 aliphatic heterocycles. The van der Waals surface area contributed by atoms with Gasteiger partial charge in [0, 0.05) is 12.1 Å². The summed E-state index contributed by atoms with van der Waals surface area (Å²) in [6.45, 7) is 7.89. The second kappa shape index (κ2) is 5.48. The molecule has 1 saturated heterocycles. The number of hydroxylamine groups is 3. The summed E-state index contributed by atoms with van der Waals surface area (Å²) in [5.74, 6) is 0.168. The highest BCUT2D eigenvalue weighted by Gasteiger charge is 2.61. The van der Waals surface area contributed by atoms with E-state index in [1.54, 1.807) is 17.0 Å². The molecule has 0 spiro atoms. The molecular weight excluding hydrogens is 306 g/mol. The number of carbonyl (C=O) groups is 1. The summed E-state index contributed by atoms with van der Waals surface area (Å²) < 4.78 is 0.883. The molecule has 1 amide bonds. The number of amidine groups is 1. The van der Waals surface area contributed by atoms with Crippen molar-refractivity contribution in [2.24, 2.45) is 0 Å². The largest absolute Gasteiger partial charge is 0.715 e. The molecule has 6 nitrogen and oxygen atoms in total. The lowest BCUT2D eigenvalue weighted by atomic mass is 9.84. The summed E-state index contributed by atoms with van der Waals surface area (Å²) in [4.78, 5) is 14.5. The van der Waals surface area contributed by atoms with Gasteiger partial charge in [0.2, 0.25) is 0 Å². The van der Waals surface area contributed by atoms with E-state index in [1.807, 2.05) is 45.9 Å². The van der Waals surface area contributed by atoms with Crippen molar-refractivity contribution in [2.45, 2.75) is 57.7 Å². The standard InChI is InChI=1S/C18H25N3O3/c1-17(2)18(3,4)21(24)15(20(17)23)14-11-8-12-19(14)16(22)13-9-6-5-7-10-13/h5-7,9-10,14,23H,8,11-12H2,1-4H3. The highest BCUT2D eigenvalue weighted by atomic mass is 16.5. The Hall–Kier alpha value is -2.08. The molecule has 0 aromatic heterocycles. The van der Waals surface area contributed by atoms with Gasteiger partial charge >= 0.3 is 5.84 Å². The summed E-state index contributed by atoms with van der Waals surface area (Å²) >= 11 is 0. The molecule has 1 atom stereocenters. The molecule has 0 radical (unpaired) electrons. The number of hydrogen-bond donors (Lipinski definition) is 1. The maximum absolute atomic E-state index is 12.9. The van der Waals surface area contributed by atoms with Crippen LogP contribution in [0.25, 0.3) is 0 Å². The van der Waals surface area contributed by atoms with E-state index in [0.717, 1.165) is 16.2 Å². The Morgan fingerprint density at radius 2 is 1.88 bits per heavy atom. The average Bonchev–Trinajstić information content (AvgIpc) is 3.07. The van der Waals surface area contributed by atoms with Gasteiger partial charge in [0.15, 0.2) is 5.54 Å². The third kappa shape index (κ3) is 2.20. The van der Waals surface area contributed by atoms with E-state index < -0.39 is 17.1 Å².